The number of carbonyl (C=O) groups excluding carboxylic acids is 2. The van der Waals surface area contributed by atoms with Crippen molar-refractivity contribution >= 4 is 11.8 Å². The molecule has 0 N–H and O–H groups in total. The van der Waals surface area contributed by atoms with Gasteiger partial charge < -0.3 is 18.8 Å². The Labute approximate surface area is 155 Å². The van der Waals surface area contributed by atoms with Gasteiger partial charge in [0.2, 0.25) is 5.75 Å². The highest BCUT2D eigenvalue weighted by atomic mass is 16.6. The van der Waals surface area contributed by atoms with Crippen LogP contribution in [0.1, 0.15) is 41.4 Å². The van der Waals surface area contributed by atoms with E-state index in [0.717, 1.165) is 11.3 Å². The lowest BCUT2D eigenvalue weighted by Gasteiger charge is -2.25. The maximum absolute atomic E-state index is 12.7. The number of ether oxygens (including phenoxy) is 3. The van der Waals surface area contributed by atoms with Gasteiger partial charge in [0.15, 0.2) is 11.4 Å². The van der Waals surface area contributed by atoms with Crippen molar-refractivity contribution in [1.29, 1.82) is 0 Å². The Balaban J connectivity index is 1.72. The van der Waals surface area contributed by atoms with Crippen molar-refractivity contribution < 1.29 is 23.8 Å². The van der Waals surface area contributed by atoms with Crippen LogP contribution in [-0.4, -0.2) is 23.4 Å². The van der Waals surface area contributed by atoms with Gasteiger partial charge in [-0.15, -0.1) is 0 Å². The van der Waals surface area contributed by atoms with Crippen LogP contribution < -0.4 is 15.0 Å². The summed E-state index contributed by atoms with van der Waals surface area (Å²) in [7, 11) is 1.58. The molecule has 0 amide bonds. The second-order valence-corrected chi connectivity index (χ2v) is 6.61. The zero-order valence-electron chi connectivity index (χ0n) is 15.1. The molecule has 2 aliphatic rings. The van der Waals surface area contributed by atoms with Gasteiger partial charge in [-0.3, -0.25) is 9.59 Å². The summed E-state index contributed by atoms with van der Waals surface area (Å²) >= 11 is 0. The van der Waals surface area contributed by atoms with Crippen LogP contribution in [0.5, 0.6) is 11.5 Å². The summed E-state index contributed by atoms with van der Waals surface area (Å²) in [6.45, 7) is 2.25. The van der Waals surface area contributed by atoms with Gasteiger partial charge >= 0.3 is 5.97 Å². The Kier molecular flexibility index (Phi) is 4.11. The number of ketones is 1. The normalized spacial score (nSPS) is 20.4. The van der Waals surface area contributed by atoms with Crippen molar-refractivity contribution in [1.82, 2.24) is 4.57 Å². The zero-order chi connectivity index (χ0) is 19.2. The third-order valence-electron chi connectivity index (χ3n) is 5.21. The van der Waals surface area contributed by atoms with Crippen LogP contribution in [0.25, 0.3) is 0 Å². The first-order valence-corrected chi connectivity index (χ1v) is 8.81. The van der Waals surface area contributed by atoms with Gasteiger partial charge in [0.05, 0.1) is 19.4 Å². The number of pyridine rings is 1. The summed E-state index contributed by atoms with van der Waals surface area (Å²) in [5, 5.41) is 0. The lowest BCUT2D eigenvalue weighted by molar-refractivity contribution is -0.161. The fourth-order valence-corrected chi connectivity index (χ4v) is 3.61. The molecule has 0 saturated heterocycles. The molecular weight excluding hydrogens is 350 g/mol. The summed E-state index contributed by atoms with van der Waals surface area (Å²) in [5.41, 5.74) is -0.353. The molecule has 0 fully saturated rings. The van der Waals surface area contributed by atoms with Crippen molar-refractivity contribution in [3.63, 3.8) is 0 Å². The van der Waals surface area contributed by atoms with E-state index >= 15 is 0 Å². The van der Waals surface area contributed by atoms with E-state index in [1.807, 2.05) is 12.1 Å². The minimum absolute atomic E-state index is 0.0324. The van der Waals surface area contributed by atoms with Gasteiger partial charge in [-0.1, -0.05) is 19.1 Å². The van der Waals surface area contributed by atoms with Crippen LogP contribution >= 0.6 is 0 Å². The number of aromatic nitrogens is 1. The summed E-state index contributed by atoms with van der Waals surface area (Å²) in [6.07, 6.45) is 0.560. The smallest absolute Gasteiger partial charge is 0.348 e. The summed E-state index contributed by atoms with van der Waals surface area (Å²) in [4.78, 5) is 37.4. The van der Waals surface area contributed by atoms with E-state index in [4.69, 9.17) is 14.2 Å². The molecule has 27 heavy (non-hydrogen) atoms. The third-order valence-corrected chi connectivity index (χ3v) is 5.21. The average Bonchev–Trinajstić information content (AvgIpc) is 3.19. The molecule has 0 radical (unpaired) electrons. The fourth-order valence-electron chi connectivity index (χ4n) is 3.61. The summed E-state index contributed by atoms with van der Waals surface area (Å²) in [6, 6.07) is 8.86. The lowest BCUT2D eigenvalue weighted by atomic mass is 9.92. The molecule has 0 aliphatic carbocycles. The van der Waals surface area contributed by atoms with Crippen LogP contribution in [0.2, 0.25) is 0 Å². The van der Waals surface area contributed by atoms with Gasteiger partial charge in [-0.2, -0.15) is 0 Å². The Bertz CT molecular complexity index is 991. The fraction of sp³-hybridized carbons (Fsp3) is 0.350. The van der Waals surface area contributed by atoms with E-state index in [9.17, 15) is 14.4 Å². The first-order chi connectivity index (χ1) is 13.0. The first kappa shape index (κ1) is 17.5. The van der Waals surface area contributed by atoms with Crippen molar-refractivity contribution in [3.8, 4) is 11.5 Å². The second kappa shape index (κ2) is 6.35. The van der Waals surface area contributed by atoms with Gasteiger partial charge in [0.1, 0.15) is 5.75 Å². The molecule has 1 aromatic heterocycles. The number of carbonyl (C=O) groups is 2. The largest absolute Gasteiger partial charge is 0.497 e. The van der Waals surface area contributed by atoms with Gasteiger partial charge in [0.25, 0.3) is 5.56 Å². The minimum Gasteiger partial charge on any atom is -0.497 e. The van der Waals surface area contributed by atoms with E-state index in [0.29, 0.717) is 17.8 Å². The van der Waals surface area contributed by atoms with Crippen LogP contribution in [-0.2, 0) is 28.3 Å². The number of benzene rings is 1. The molecule has 2 aliphatic heterocycles. The topological polar surface area (TPSA) is 83.8 Å². The molecule has 0 saturated carbocycles. The van der Waals surface area contributed by atoms with E-state index in [1.54, 1.807) is 32.2 Å². The number of hydrogen-bond acceptors (Lipinski definition) is 6. The standard InChI is InChI=1S/C20H19NO6/c1-3-20(26-11-12-4-6-13(25-2)7-5-12)14-10-15-16(22)8-9-21(15)18(23)17(14)27-19(20)24/h4-7,10H,3,8-9,11H2,1-2H3. The van der Waals surface area contributed by atoms with Crippen LogP contribution in [0.4, 0.5) is 0 Å². The van der Waals surface area contributed by atoms with Crippen molar-refractivity contribution in [2.75, 3.05) is 7.11 Å². The highest BCUT2D eigenvalue weighted by Gasteiger charge is 2.51. The lowest BCUT2D eigenvalue weighted by Crippen LogP contribution is -2.36. The zero-order valence-corrected chi connectivity index (χ0v) is 15.1. The highest BCUT2D eigenvalue weighted by Crippen LogP contribution is 2.43. The SMILES string of the molecule is CCC1(OCc2ccc(OC)cc2)C(=O)Oc2c1cc1n(c2=O)CCC1=O. The number of rotatable bonds is 5. The number of hydrogen-bond donors (Lipinski definition) is 0. The molecule has 3 heterocycles. The van der Waals surface area contributed by atoms with Crippen molar-refractivity contribution in [3.05, 3.63) is 57.5 Å². The molecule has 1 unspecified atom stereocenters. The van der Waals surface area contributed by atoms with Crippen molar-refractivity contribution in [2.45, 2.75) is 38.5 Å². The second-order valence-electron chi connectivity index (χ2n) is 6.61. The molecule has 0 spiro atoms. The average molecular weight is 369 g/mol. The van der Waals surface area contributed by atoms with Crippen molar-refractivity contribution in [2.24, 2.45) is 0 Å². The number of nitrogens with zero attached hydrogens (tertiary/aromatic N) is 1. The Morgan fingerprint density at radius 1 is 1.19 bits per heavy atom. The molecule has 1 aromatic carbocycles. The molecule has 4 rings (SSSR count). The molecule has 7 heteroatoms. The Morgan fingerprint density at radius 3 is 2.59 bits per heavy atom. The maximum atomic E-state index is 12.7. The van der Waals surface area contributed by atoms with Gasteiger partial charge in [-0.25, -0.2) is 4.79 Å². The van der Waals surface area contributed by atoms with Crippen LogP contribution in [0, 0.1) is 0 Å². The van der Waals surface area contributed by atoms with E-state index in [1.165, 1.54) is 4.57 Å². The number of Topliss-reactive ketones (excluding diaryl/α,β-unsaturated/α-hetero) is 1. The maximum Gasteiger partial charge on any atom is 0.348 e. The molecule has 140 valence electrons. The molecule has 7 nitrogen and oxygen atoms in total. The molecular formula is C20H19NO6. The summed E-state index contributed by atoms with van der Waals surface area (Å²) in [5.74, 6) is -0.0524. The Morgan fingerprint density at radius 2 is 1.93 bits per heavy atom. The van der Waals surface area contributed by atoms with Crippen LogP contribution in [0.15, 0.2) is 35.1 Å². The Hall–Kier alpha value is -2.93. The van der Waals surface area contributed by atoms with Gasteiger partial charge in [-0.05, 0) is 30.2 Å². The number of esters is 1. The van der Waals surface area contributed by atoms with E-state index < -0.39 is 17.1 Å². The van der Waals surface area contributed by atoms with Crippen LogP contribution in [0.3, 0.4) is 0 Å². The number of fused-ring (bicyclic) bond motifs is 2. The monoisotopic (exact) mass is 369 g/mol. The highest BCUT2D eigenvalue weighted by molar-refractivity contribution is 5.98. The first-order valence-electron chi connectivity index (χ1n) is 8.81. The molecule has 2 aromatic rings. The summed E-state index contributed by atoms with van der Waals surface area (Å²) < 4.78 is 17.8. The van der Waals surface area contributed by atoms with E-state index in [-0.39, 0.29) is 31.0 Å². The third kappa shape index (κ3) is 2.57. The van der Waals surface area contributed by atoms with E-state index in [2.05, 4.69) is 0 Å². The molecule has 1 atom stereocenters. The molecule has 0 bridgehead atoms. The predicted octanol–water partition coefficient (Wildman–Crippen LogP) is 2.18. The minimum atomic E-state index is -1.40. The van der Waals surface area contributed by atoms with Gasteiger partial charge in [0, 0.05) is 18.5 Å². The quantitative estimate of drug-likeness (QED) is 0.751. The predicted molar refractivity (Wildman–Crippen MR) is 95.0 cm³/mol. The number of methoxy groups -OCH3 is 1.